The van der Waals surface area contributed by atoms with E-state index >= 15 is 0 Å². The van der Waals surface area contributed by atoms with Crippen LogP contribution in [0.1, 0.15) is 61.4 Å². The standard InChI is InChI=1S/C27H33N3O4S2/c1-2-20-9-14-24-25(18-20)35-27(28-24)30(19-22-8-7-17-34-22)26(31)21-10-12-23(13-11-21)36(32,33)29-15-5-3-4-6-16-29/h9-14,18,22H,2-8,15-17,19H2,1H3. The first-order valence-corrected chi connectivity index (χ1v) is 15.1. The van der Waals surface area contributed by atoms with Crippen LogP contribution in [0, 0.1) is 0 Å². The Morgan fingerprint density at radius 2 is 1.83 bits per heavy atom. The normalized spacial score (nSPS) is 19.4. The number of sulfonamides is 1. The molecule has 1 unspecified atom stereocenters. The second-order valence-electron chi connectivity index (χ2n) is 9.55. The van der Waals surface area contributed by atoms with Crippen LogP contribution in [0.2, 0.25) is 0 Å². The van der Waals surface area contributed by atoms with E-state index in [1.165, 1.54) is 16.9 Å². The number of thiazole rings is 1. The lowest BCUT2D eigenvalue weighted by Crippen LogP contribution is -2.37. The minimum Gasteiger partial charge on any atom is -0.376 e. The third kappa shape index (κ3) is 5.34. The van der Waals surface area contributed by atoms with Crippen molar-refractivity contribution >= 4 is 42.6 Å². The molecule has 3 aromatic rings. The van der Waals surface area contributed by atoms with Crippen LogP contribution in [-0.4, -0.2) is 56.0 Å². The van der Waals surface area contributed by atoms with Crippen molar-refractivity contribution in [3.63, 3.8) is 0 Å². The summed E-state index contributed by atoms with van der Waals surface area (Å²) in [4.78, 5) is 20.4. The highest BCUT2D eigenvalue weighted by Crippen LogP contribution is 2.32. The molecule has 2 aliphatic rings. The van der Waals surface area contributed by atoms with Gasteiger partial charge < -0.3 is 4.74 Å². The molecule has 1 atom stereocenters. The summed E-state index contributed by atoms with van der Waals surface area (Å²) in [5.74, 6) is -0.195. The molecule has 0 radical (unpaired) electrons. The molecule has 0 spiro atoms. The fourth-order valence-corrected chi connectivity index (χ4v) is 7.44. The van der Waals surface area contributed by atoms with Gasteiger partial charge in [0.15, 0.2) is 5.13 Å². The van der Waals surface area contributed by atoms with Crippen molar-refractivity contribution in [2.45, 2.75) is 62.9 Å². The SMILES string of the molecule is CCc1ccc2nc(N(CC3CCCO3)C(=O)c3ccc(S(=O)(=O)N4CCCCCC4)cc3)sc2c1. The van der Waals surface area contributed by atoms with Crippen molar-refractivity contribution in [1.82, 2.24) is 9.29 Å². The molecule has 2 fully saturated rings. The number of aromatic nitrogens is 1. The first-order valence-electron chi connectivity index (χ1n) is 12.9. The molecule has 1 amide bonds. The highest BCUT2D eigenvalue weighted by molar-refractivity contribution is 7.89. The summed E-state index contributed by atoms with van der Waals surface area (Å²) in [5, 5.41) is 0.639. The molecular formula is C27H33N3O4S2. The average Bonchev–Trinajstić information content (AvgIpc) is 3.48. The monoisotopic (exact) mass is 527 g/mol. The maximum absolute atomic E-state index is 13.7. The van der Waals surface area contributed by atoms with Crippen molar-refractivity contribution < 1.29 is 17.9 Å². The number of benzene rings is 2. The smallest absolute Gasteiger partial charge is 0.260 e. The predicted octanol–water partition coefficient (Wildman–Crippen LogP) is 5.25. The average molecular weight is 528 g/mol. The molecule has 2 aromatic carbocycles. The molecule has 5 rings (SSSR count). The molecule has 2 saturated heterocycles. The van der Waals surface area contributed by atoms with Crippen LogP contribution in [-0.2, 0) is 21.2 Å². The Hall–Kier alpha value is -2.33. The highest BCUT2D eigenvalue weighted by Gasteiger charge is 2.29. The van der Waals surface area contributed by atoms with Gasteiger partial charge in [0, 0.05) is 25.3 Å². The van der Waals surface area contributed by atoms with Gasteiger partial charge in [-0.2, -0.15) is 4.31 Å². The second-order valence-corrected chi connectivity index (χ2v) is 12.5. The molecule has 192 valence electrons. The van der Waals surface area contributed by atoms with E-state index in [4.69, 9.17) is 9.72 Å². The maximum Gasteiger partial charge on any atom is 0.260 e. The van der Waals surface area contributed by atoms with Crippen LogP contribution in [0.5, 0.6) is 0 Å². The van der Waals surface area contributed by atoms with Gasteiger partial charge in [0.2, 0.25) is 10.0 Å². The van der Waals surface area contributed by atoms with Gasteiger partial charge in [0.05, 0.1) is 27.8 Å². The number of nitrogens with zero attached hydrogens (tertiary/aromatic N) is 3. The van der Waals surface area contributed by atoms with Gasteiger partial charge >= 0.3 is 0 Å². The number of rotatable bonds is 7. The zero-order valence-electron chi connectivity index (χ0n) is 20.7. The lowest BCUT2D eigenvalue weighted by molar-refractivity contribution is 0.0917. The Kier molecular flexibility index (Phi) is 7.71. The molecule has 0 aliphatic carbocycles. The molecular weight excluding hydrogens is 494 g/mol. The Morgan fingerprint density at radius 3 is 2.50 bits per heavy atom. The van der Waals surface area contributed by atoms with Gasteiger partial charge in [-0.25, -0.2) is 13.4 Å². The third-order valence-corrected chi connectivity index (χ3v) is 9.99. The summed E-state index contributed by atoms with van der Waals surface area (Å²) in [6, 6.07) is 12.6. The number of anilines is 1. The van der Waals surface area contributed by atoms with Gasteiger partial charge in [0.1, 0.15) is 0 Å². The van der Waals surface area contributed by atoms with Crippen LogP contribution in [0.15, 0.2) is 47.4 Å². The number of fused-ring (bicyclic) bond motifs is 1. The number of aryl methyl sites for hydroxylation is 1. The molecule has 3 heterocycles. The third-order valence-electron chi connectivity index (χ3n) is 7.04. The van der Waals surface area contributed by atoms with E-state index in [0.29, 0.717) is 36.9 Å². The lowest BCUT2D eigenvalue weighted by Gasteiger charge is -2.23. The number of carbonyl (C=O) groups excluding carboxylic acids is 1. The molecule has 0 bridgehead atoms. The zero-order chi connectivity index (χ0) is 25.1. The van der Waals surface area contributed by atoms with E-state index in [2.05, 4.69) is 19.1 Å². The fourth-order valence-electron chi connectivity index (χ4n) is 4.89. The molecule has 9 heteroatoms. The van der Waals surface area contributed by atoms with Crippen LogP contribution >= 0.6 is 11.3 Å². The van der Waals surface area contributed by atoms with Crippen molar-refractivity contribution in [2.75, 3.05) is 31.1 Å². The summed E-state index contributed by atoms with van der Waals surface area (Å²) in [6.07, 6.45) is 6.68. The van der Waals surface area contributed by atoms with Crippen LogP contribution in [0.25, 0.3) is 10.2 Å². The van der Waals surface area contributed by atoms with E-state index in [0.717, 1.165) is 55.2 Å². The van der Waals surface area contributed by atoms with Gasteiger partial charge in [-0.05, 0) is 74.1 Å². The first-order chi connectivity index (χ1) is 17.5. The zero-order valence-corrected chi connectivity index (χ0v) is 22.3. The lowest BCUT2D eigenvalue weighted by atomic mass is 10.1. The maximum atomic E-state index is 13.7. The summed E-state index contributed by atoms with van der Waals surface area (Å²) >= 11 is 1.51. The number of amides is 1. The van der Waals surface area contributed by atoms with Crippen LogP contribution < -0.4 is 4.90 Å². The topological polar surface area (TPSA) is 79.8 Å². The Bertz CT molecular complexity index is 1310. The van der Waals surface area contributed by atoms with E-state index in [1.54, 1.807) is 33.5 Å². The highest BCUT2D eigenvalue weighted by atomic mass is 32.2. The molecule has 1 aromatic heterocycles. The van der Waals surface area contributed by atoms with Crippen molar-refractivity contribution in [2.24, 2.45) is 0 Å². The van der Waals surface area contributed by atoms with E-state index in [1.807, 2.05) is 6.07 Å². The van der Waals surface area contributed by atoms with Gasteiger partial charge in [-0.15, -0.1) is 0 Å². The summed E-state index contributed by atoms with van der Waals surface area (Å²) < 4.78 is 34.8. The minimum atomic E-state index is -3.56. The van der Waals surface area contributed by atoms with E-state index in [-0.39, 0.29) is 16.9 Å². The number of hydrogen-bond donors (Lipinski definition) is 0. The van der Waals surface area contributed by atoms with Crippen molar-refractivity contribution in [3.05, 3.63) is 53.6 Å². The quantitative estimate of drug-likeness (QED) is 0.419. The van der Waals surface area contributed by atoms with Crippen molar-refractivity contribution in [3.8, 4) is 0 Å². The number of ether oxygens (including phenoxy) is 1. The van der Waals surface area contributed by atoms with Gasteiger partial charge in [-0.1, -0.05) is 37.2 Å². The van der Waals surface area contributed by atoms with Crippen LogP contribution in [0.4, 0.5) is 5.13 Å². The molecule has 2 aliphatic heterocycles. The summed E-state index contributed by atoms with van der Waals surface area (Å²) in [5.41, 5.74) is 2.54. The molecule has 0 saturated carbocycles. The van der Waals surface area contributed by atoms with Gasteiger partial charge in [0.25, 0.3) is 5.91 Å². The van der Waals surface area contributed by atoms with Crippen molar-refractivity contribution in [1.29, 1.82) is 0 Å². The first kappa shape index (κ1) is 25.3. The molecule has 36 heavy (non-hydrogen) atoms. The van der Waals surface area contributed by atoms with Crippen LogP contribution in [0.3, 0.4) is 0 Å². The van der Waals surface area contributed by atoms with E-state index in [9.17, 15) is 13.2 Å². The molecule has 7 nitrogen and oxygen atoms in total. The largest absolute Gasteiger partial charge is 0.376 e. The summed E-state index contributed by atoms with van der Waals surface area (Å²) in [6.45, 7) is 4.35. The minimum absolute atomic E-state index is 0.0325. The number of hydrogen-bond acceptors (Lipinski definition) is 6. The Balaban J connectivity index is 1.42. The van der Waals surface area contributed by atoms with E-state index < -0.39 is 10.0 Å². The Morgan fingerprint density at radius 1 is 1.08 bits per heavy atom. The summed E-state index contributed by atoms with van der Waals surface area (Å²) in [7, 11) is -3.56. The second kappa shape index (κ2) is 11.0. The Labute approximate surface area is 217 Å². The predicted molar refractivity (Wildman–Crippen MR) is 143 cm³/mol. The van der Waals surface area contributed by atoms with Gasteiger partial charge in [-0.3, -0.25) is 9.69 Å². The fraction of sp³-hybridized carbons (Fsp3) is 0.481. The number of carbonyl (C=O) groups is 1. The molecule has 0 N–H and O–H groups in total.